The Labute approximate surface area is 162 Å². The lowest BCUT2D eigenvalue weighted by molar-refractivity contribution is -0.384. The Morgan fingerprint density at radius 2 is 1.90 bits per heavy atom. The number of amides is 1. The molecule has 3 rings (SSSR count). The summed E-state index contributed by atoms with van der Waals surface area (Å²) in [5.41, 5.74) is -0.385. The van der Waals surface area contributed by atoms with Gasteiger partial charge in [0, 0.05) is 30.8 Å². The van der Waals surface area contributed by atoms with Crippen LogP contribution in [0, 0.1) is 16.0 Å². The average molecular weight is 408 g/mol. The largest absolute Gasteiger partial charge is 0.461 e. The fraction of sp³-hybridized carbons (Fsp3) is 0.263. The predicted octanol–water partition coefficient (Wildman–Crippen LogP) is 3.71. The fourth-order valence-electron chi connectivity index (χ4n) is 2.95. The molecule has 1 aliphatic rings. The first-order chi connectivity index (χ1) is 13.6. The molecule has 152 valence electrons. The number of non-ortho nitro benzene ring substituents is 1. The van der Waals surface area contributed by atoms with Gasteiger partial charge in [-0.2, -0.15) is 13.2 Å². The van der Waals surface area contributed by atoms with Gasteiger partial charge in [-0.25, -0.2) is 0 Å². The smallest absolute Gasteiger partial charge is 0.416 e. The number of anilines is 1. The predicted molar refractivity (Wildman–Crippen MR) is 94.8 cm³/mol. The van der Waals surface area contributed by atoms with Gasteiger partial charge in [-0.1, -0.05) is 6.07 Å². The summed E-state index contributed by atoms with van der Waals surface area (Å²) in [6.07, 6.45) is -4.71. The minimum atomic E-state index is -4.54. The summed E-state index contributed by atoms with van der Waals surface area (Å²) in [6.45, 7) is -0.218. The van der Waals surface area contributed by atoms with Gasteiger partial charge in [0.1, 0.15) is 6.61 Å². The summed E-state index contributed by atoms with van der Waals surface area (Å²) in [6, 6.07) is 9.78. The summed E-state index contributed by atoms with van der Waals surface area (Å²) in [7, 11) is 0. The van der Waals surface area contributed by atoms with E-state index < -0.39 is 34.5 Å². The molecule has 7 nitrogen and oxygen atoms in total. The number of ether oxygens (including phenoxy) is 1. The molecule has 0 aliphatic carbocycles. The van der Waals surface area contributed by atoms with E-state index in [4.69, 9.17) is 4.74 Å². The van der Waals surface area contributed by atoms with Crippen LogP contribution in [0.2, 0.25) is 0 Å². The molecule has 1 amide bonds. The average Bonchev–Trinajstić information content (AvgIpc) is 3.07. The van der Waals surface area contributed by atoms with E-state index in [0.29, 0.717) is 5.56 Å². The van der Waals surface area contributed by atoms with E-state index >= 15 is 0 Å². The van der Waals surface area contributed by atoms with Crippen LogP contribution in [-0.4, -0.2) is 23.3 Å². The molecule has 0 bridgehead atoms. The zero-order chi connectivity index (χ0) is 21.2. The highest BCUT2D eigenvalue weighted by Crippen LogP contribution is 2.33. The van der Waals surface area contributed by atoms with E-state index in [0.717, 1.165) is 17.0 Å². The molecule has 0 radical (unpaired) electrons. The van der Waals surface area contributed by atoms with Crippen molar-refractivity contribution in [3.8, 4) is 0 Å². The summed E-state index contributed by atoms with van der Waals surface area (Å²) < 4.78 is 43.8. The lowest BCUT2D eigenvalue weighted by Crippen LogP contribution is -2.26. The zero-order valence-corrected chi connectivity index (χ0v) is 14.9. The fourth-order valence-corrected chi connectivity index (χ4v) is 2.95. The Bertz CT molecular complexity index is 944. The monoisotopic (exact) mass is 408 g/mol. The normalized spacial score (nSPS) is 16.7. The summed E-state index contributed by atoms with van der Waals surface area (Å²) in [5, 5.41) is 10.6. The van der Waals surface area contributed by atoms with Gasteiger partial charge in [0.05, 0.1) is 16.4 Å². The molecule has 0 aromatic heterocycles. The lowest BCUT2D eigenvalue weighted by atomic mass is 10.1. The molecule has 0 unspecified atom stereocenters. The van der Waals surface area contributed by atoms with E-state index in [9.17, 15) is 32.9 Å². The summed E-state index contributed by atoms with van der Waals surface area (Å²) in [5.74, 6) is -1.94. The molecule has 2 aromatic carbocycles. The van der Waals surface area contributed by atoms with E-state index in [1.54, 1.807) is 0 Å². The number of halogens is 3. The number of nitrogens with zero attached hydrogens (tertiary/aromatic N) is 2. The third-order valence-electron chi connectivity index (χ3n) is 4.47. The first kappa shape index (κ1) is 20.3. The van der Waals surface area contributed by atoms with Crippen LogP contribution < -0.4 is 4.90 Å². The molecule has 1 aliphatic heterocycles. The van der Waals surface area contributed by atoms with Crippen molar-refractivity contribution in [3.63, 3.8) is 0 Å². The molecule has 0 spiro atoms. The SMILES string of the molecule is O=C(OCc1ccc([N+](=O)[O-])cc1)[C@H]1CC(=O)N(c2cccc(C(F)(F)F)c2)C1. The quantitative estimate of drug-likeness (QED) is 0.427. The number of hydrogen-bond donors (Lipinski definition) is 0. The van der Waals surface area contributed by atoms with Crippen molar-refractivity contribution in [2.45, 2.75) is 19.2 Å². The van der Waals surface area contributed by atoms with E-state index in [1.807, 2.05) is 0 Å². The highest BCUT2D eigenvalue weighted by atomic mass is 19.4. The van der Waals surface area contributed by atoms with Crippen molar-refractivity contribution in [2.75, 3.05) is 11.4 Å². The molecule has 1 saturated heterocycles. The number of nitro benzene ring substituents is 1. The van der Waals surface area contributed by atoms with Crippen molar-refractivity contribution in [2.24, 2.45) is 5.92 Å². The van der Waals surface area contributed by atoms with Crippen molar-refractivity contribution < 1.29 is 32.4 Å². The maximum Gasteiger partial charge on any atom is 0.416 e. The van der Waals surface area contributed by atoms with Crippen LogP contribution in [0.1, 0.15) is 17.5 Å². The molecule has 2 aromatic rings. The van der Waals surface area contributed by atoms with Crippen LogP contribution >= 0.6 is 0 Å². The van der Waals surface area contributed by atoms with Crippen LogP contribution in [0.5, 0.6) is 0 Å². The number of esters is 1. The van der Waals surface area contributed by atoms with E-state index in [1.165, 1.54) is 36.4 Å². The molecule has 1 heterocycles. The van der Waals surface area contributed by atoms with Crippen molar-refractivity contribution >= 4 is 23.3 Å². The number of nitro groups is 1. The Morgan fingerprint density at radius 1 is 1.21 bits per heavy atom. The number of carbonyl (C=O) groups excluding carboxylic acids is 2. The third-order valence-corrected chi connectivity index (χ3v) is 4.47. The molecule has 1 fully saturated rings. The highest BCUT2D eigenvalue weighted by Gasteiger charge is 2.37. The van der Waals surface area contributed by atoms with E-state index in [-0.39, 0.29) is 30.9 Å². The van der Waals surface area contributed by atoms with Crippen molar-refractivity contribution in [1.29, 1.82) is 0 Å². The van der Waals surface area contributed by atoms with Gasteiger partial charge in [0.15, 0.2) is 0 Å². The number of benzene rings is 2. The van der Waals surface area contributed by atoms with Crippen LogP contribution in [0.3, 0.4) is 0 Å². The standard InChI is InChI=1S/C19H15F3N2O5/c20-19(21,22)14-2-1-3-16(9-14)23-10-13(8-17(23)25)18(26)29-11-12-4-6-15(7-5-12)24(27)28/h1-7,9,13H,8,10-11H2/t13-/m0/s1. The molecule has 10 heteroatoms. The van der Waals surface area contributed by atoms with Gasteiger partial charge >= 0.3 is 12.1 Å². The Morgan fingerprint density at radius 3 is 2.52 bits per heavy atom. The minimum absolute atomic E-state index is 0.0653. The van der Waals surface area contributed by atoms with Crippen molar-refractivity contribution in [3.05, 3.63) is 69.8 Å². The highest BCUT2D eigenvalue weighted by molar-refractivity contribution is 5.99. The first-order valence-electron chi connectivity index (χ1n) is 8.53. The van der Waals surface area contributed by atoms with Gasteiger partial charge in [0.25, 0.3) is 5.69 Å². The Balaban J connectivity index is 1.62. The van der Waals surface area contributed by atoms with Crippen LogP contribution in [-0.2, 0) is 27.1 Å². The van der Waals surface area contributed by atoms with Crippen LogP contribution in [0.15, 0.2) is 48.5 Å². The van der Waals surface area contributed by atoms with Crippen molar-refractivity contribution in [1.82, 2.24) is 0 Å². The van der Waals surface area contributed by atoms with Gasteiger partial charge in [-0.3, -0.25) is 19.7 Å². The third kappa shape index (κ3) is 4.71. The summed E-state index contributed by atoms with van der Waals surface area (Å²) >= 11 is 0. The second-order valence-corrected chi connectivity index (χ2v) is 6.48. The lowest BCUT2D eigenvalue weighted by Gasteiger charge is -2.18. The van der Waals surface area contributed by atoms with Gasteiger partial charge < -0.3 is 9.64 Å². The maximum absolute atomic E-state index is 12.9. The molecular formula is C19H15F3N2O5. The van der Waals surface area contributed by atoms with Crippen LogP contribution in [0.4, 0.5) is 24.5 Å². The summed E-state index contributed by atoms with van der Waals surface area (Å²) in [4.78, 5) is 35.7. The maximum atomic E-state index is 12.9. The number of rotatable bonds is 5. The van der Waals surface area contributed by atoms with Gasteiger partial charge in [-0.15, -0.1) is 0 Å². The molecular weight excluding hydrogens is 393 g/mol. The number of hydrogen-bond acceptors (Lipinski definition) is 5. The topological polar surface area (TPSA) is 89.7 Å². The molecule has 0 N–H and O–H groups in total. The molecule has 1 atom stereocenters. The molecule has 0 saturated carbocycles. The second-order valence-electron chi connectivity index (χ2n) is 6.48. The van der Waals surface area contributed by atoms with Gasteiger partial charge in [0.2, 0.25) is 5.91 Å². The Hall–Kier alpha value is -3.43. The first-order valence-corrected chi connectivity index (χ1v) is 8.53. The zero-order valence-electron chi connectivity index (χ0n) is 14.9. The van der Waals surface area contributed by atoms with Gasteiger partial charge in [-0.05, 0) is 35.9 Å². The second kappa shape index (κ2) is 7.90. The number of carbonyl (C=O) groups is 2. The number of alkyl halides is 3. The van der Waals surface area contributed by atoms with E-state index in [2.05, 4.69) is 0 Å². The minimum Gasteiger partial charge on any atom is -0.461 e. The Kier molecular flexibility index (Phi) is 5.53. The molecule has 29 heavy (non-hydrogen) atoms. The van der Waals surface area contributed by atoms with Crippen LogP contribution in [0.25, 0.3) is 0 Å².